The van der Waals surface area contributed by atoms with Crippen LogP contribution in [-0.4, -0.2) is 37.0 Å². The van der Waals surface area contributed by atoms with E-state index in [1.54, 1.807) is 0 Å². The van der Waals surface area contributed by atoms with E-state index < -0.39 is 0 Å². The first-order valence-electron chi connectivity index (χ1n) is 9.65. The summed E-state index contributed by atoms with van der Waals surface area (Å²) in [6.07, 6.45) is 8.78. The molecule has 0 aromatic heterocycles. The molecule has 0 spiro atoms. The van der Waals surface area contributed by atoms with Gasteiger partial charge in [0.2, 0.25) is 0 Å². The van der Waals surface area contributed by atoms with Crippen molar-refractivity contribution in [3.05, 3.63) is 34.9 Å². The van der Waals surface area contributed by atoms with Crippen molar-refractivity contribution < 1.29 is 0 Å². The largest absolute Gasteiger partial charge is 0.370 e. The van der Waals surface area contributed by atoms with Crippen LogP contribution in [0.25, 0.3) is 0 Å². The summed E-state index contributed by atoms with van der Waals surface area (Å²) in [5.41, 5.74) is 7.45. The van der Waals surface area contributed by atoms with Gasteiger partial charge in [0.15, 0.2) is 5.96 Å². The zero-order chi connectivity index (χ0) is 17.6. The molecule has 2 atom stereocenters. The Balaban J connectivity index is 0.00000243. The molecule has 3 rings (SSSR count). The van der Waals surface area contributed by atoms with Crippen LogP contribution in [0, 0.1) is 5.92 Å². The van der Waals surface area contributed by atoms with Crippen LogP contribution in [0.2, 0.25) is 5.02 Å². The third kappa shape index (κ3) is 5.99. The average molecular weight is 491 g/mol. The summed E-state index contributed by atoms with van der Waals surface area (Å²) in [4.78, 5) is 7.13. The van der Waals surface area contributed by atoms with Gasteiger partial charge >= 0.3 is 0 Å². The van der Waals surface area contributed by atoms with Gasteiger partial charge in [-0.15, -0.1) is 24.0 Å². The van der Waals surface area contributed by atoms with Gasteiger partial charge in [-0.25, -0.2) is 0 Å². The average Bonchev–Trinajstić information content (AvgIpc) is 2.61. The number of nitrogens with one attached hydrogen (secondary N) is 1. The number of nitrogens with zero attached hydrogens (tertiary/aromatic N) is 2. The van der Waals surface area contributed by atoms with Crippen LogP contribution in [0.5, 0.6) is 0 Å². The lowest BCUT2D eigenvalue weighted by atomic mass is 9.85. The summed E-state index contributed by atoms with van der Waals surface area (Å²) in [5, 5.41) is 4.23. The molecule has 146 valence electrons. The molecule has 0 amide bonds. The van der Waals surface area contributed by atoms with E-state index in [2.05, 4.69) is 29.4 Å². The molecular weight excluding hydrogens is 459 g/mol. The Morgan fingerprint density at radius 2 is 2.00 bits per heavy atom. The van der Waals surface area contributed by atoms with Crippen LogP contribution in [0.1, 0.15) is 56.6 Å². The van der Waals surface area contributed by atoms with E-state index in [1.807, 2.05) is 12.1 Å². The molecule has 0 radical (unpaired) electrons. The smallest absolute Gasteiger partial charge is 0.188 e. The van der Waals surface area contributed by atoms with E-state index in [0.29, 0.717) is 24.0 Å². The number of likely N-dealkylation sites (tertiary alicyclic amines) is 1. The van der Waals surface area contributed by atoms with E-state index in [0.717, 1.165) is 18.1 Å². The maximum atomic E-state index is 6.22. The highest BCUT2D eigenvalue weighted by Gasteiger charge is 2.30. The number of rotatable bonds is 4. The molecule has 26 heavy (non-hydrogen) atoms. The van der Waals surface area contributed by atoms with Crippen LogP contribution in [0.3, 0.4) is 0 Å². The fraction of sp³-hybridized carbons (Fsp3) is 0.650. The molecule has 2 fully saturated rings. The standard InChI is InChI=1S/C20H31ClN4.HI/c1-25-12-6-8-16(19(25)15-7-5-9-17(21)13-15)14-23-20(22)24-18-10-3-2-4-11-18;/h5,7,9,13,16,18-19H,2-4,6,8,10-12,14H2,1H3,(H3,22,23,24);1H. The van der Waals surface area contributed by atoms with Gasteiger partial charge < -0.3 is 11.1 Å². The van der Waals surface area contributed by atoms with Crippen molar-refractivity contribution in [1.29, 1.82) is 0 Å². The van der Waals surface area contributed by atoms with Gasteiger partial charge in [0, 0.05) is 23.7 Å². The molecule has 1 aliphatic carbocycles. The summed E-state index contributed by atoms with van der Waals surface area (Å²) in [6, 6.07) is 9.12. The first kappa shape index (κ1) is 21.8. The zero-order valence-corrected chi connectivity index (χ0v) is 18.7. The summed E-state index contributed by atoms with van der Waals surface area (Å²) >= 11 is 6.22. The van der Waals surface area contributed by atoms with E-state index in [1.165, 1.54) is 50.5 Å². The summed E-state index contributed by atoms with van der Waals surface area (Å²) in [7, 11) is 2.20. The highest BCUT2D eigenvalue weighted by molar-refractivity contribution is 14.0. The molecule has 4 nitrogen and oxygen atoms in total. The van der Waals surface area contributed by atoms with Crippen molar-refractivity contribution in [2.75, 3.05) is 20.1 Å². The van der Waals surface area contributed by atoms with Crippen molar-refractivity contribution in [2.45, 2.75) is 57.0 Å². The van der Waals surface area contributed by atoms with E-state index >= 15 is 0 Å². The molecule has 2 aliphatic rings. The highest BCUT2D eigenvalue weighted by Crippen LogP contribution is 2.36. The Hall–Kier alpha value is -0.530. The molecule has 1 aromatic carbocycles. The van der Waals surface area contributed by atoms with Gasteiger partial charge in [0.05, 0.1) is 0 Å². The van der Waals surface area contributed by atoms with E-state index in [-0.39, 0.29) is 24.0 Å². The second kappa shape index (κ2) is 10.7. The number of nitrogens with two attached hydrogens (primary N) is 1. The van der Waals surface area contributed by atoms with Crippen LogP contribution in [0.4, 0.5) is 0 Å². The number of halogens is 2. The van der Waals surface area contributed by atoms with Crippen LogP contribution in [-0.2, 0) is 0 Å². The number of guanidine groups is 1. The maximum absolute atomic E-state index is 6.22. The third-order valence-electron chi connectivity index (χ3n) is 5.65. The van der Waals surface area contributed by atoms with Gasteiger partial charge in [0.1, 0.15) is 0 Å². The van der Waals surface area contributed by atoms with Crippen LogP contribution in [0.15, 0.2) is 29.3 Å². The van der Waals surface area contributed by atoms with Crippen molar-refractivity contribution in [2.24, 2.45) is 16.6 Å². The minimum absolute atomic E-state index is 0. The monoisotopic (exact) mass is 490 g/mol. The number of piperidine rings is 1. The van der Waals surface area contributed by atoms with Gasteiger partial charge in [-0.3, -0.25) is 9.89 Å². The topological polar surface area (TPSA) is 53.6 Å². The molecule has 0 bridgehead atoms. The first-order valence-corrected chi connectivity index (χ1v) is 10.0. The lowest BCUT2D eigenvalue weighted by molar-refractivity contribution is 0.125. The third-order valence-corrected chi connectivity index (χ3v) is 5.89. The van der Waals surface area contributed by atoms with Gasteiger partial charge in [-0.2, -0.15) is 0 Å². The Labute approximate surface area is 180 Å². The molecule has 1 heterocycles. The quantitative estimate of drug-likeness (QED) is 0.369. The normalized spacial score (nSPS) is 25.5. The van der Waals surface area contributed by atoms with Crippen molar-refractivity contribution >= 4 is 41.5 Å². The number of aliphatic imine (C=N–C) groups is 1. The lowest BCUT2D eigenvalue weighted by Gasteiger charge is -2.39. The molecule has 2 unspecified atom stereocenters. The Morgan fingerprint density at radius 1 is 1.23 bits per heavy atom. The predicted octanol–water partition coefficient (Wildman–Crippen LogP) is 4.58. The minimum atomic E-state index is 0. The van der Waals surface area contributed by atoms with Gasteiger partial charge in [-0.1, -0.05) is 43.0 Å². The molecular formula is C20H32ClIN4. The maximum Gasteiger partial charge on any atom is 0.188 e. The minimum Gasteiger partial charge on any atom is -0.370 e. The van der Waals surface area contributed by atoms with Crippen molar-refractivity contribution in [3.8, 4) is 0 Å². The lowest BCUT2D eigenvalue weighted by Crippen LogP contribution is -2.42. The zero-order valence-electron chi connectivity index (χ0n) is 15.7. The molecule has 3 N–H and O–H groups in total. The van der Waals surface area contributed by atoms with Crippen molar-refractivity contribution in [1.82, 2.24) is 10.2 Å². The molecule has 1 saturated carbocycles. The molecule has 1 saturated heterocycles. The first-order chi connectivity index (χ1) is 12.1. The number of hydrogen-bond acceptors (Lipinski definition) is 2. The fourth-order valence-corrected chi connectivity index (χ4v) is 4.58. The predicted molar refractivity (Wildman–Crippen MR) is 121 cm³/mol. The highest BCUT2D eigenvalue weighted by atomic mass is 127. The fourth-order valence-electron chi connectivity index (χ4n) is 4.39. The SMILES string of the molecule is CN1CCCC(CN=C(N)NC2CCCCC2)C1c1cccc(Cl)c1.I. The second-order valence-electron chi connectivity index (χ2n) is 7.59. The van der Waals surface area contributed by atoms with E-state index in [4.69, 9.17) is 22.3 Å². The molecule has 6 heteroatoms. The summed E-state index contributed by atoms with van der Waals surface area (Å²) in [6.45, 7) is 1.89. The van der Waals surface area contributed by atoms with Gasteiger partial charge in [0.25, 0.3) is 0 Å². The number of benzene rings is 1. The Bertz CT molecular complexity index is 589. The van der Waals surface area contributed by atoms with E-state index in [9.17, 15) is 0 Å². The number of hydrogen-bond donors (Lipinski definition) is 2. The van der Waals surface area contributed by atoms with Crippen LogP contribution >= 0.6 is 35.6 Å². The van der Waals surface area contributed by atoms with Gasteiger partial charge in [-0.05, 0) is 62.9 Å². The van der Waals surface area contributed by atoms with Crippen molar-refractivity contribution in [3.63, 3.8) is 0 Å². The molecule has 1 aromatic rings. The Morgan fingerprint density at radius 3 is 2.73 bits per heavy atom. The van der Waals surface area contributed by atoms with Crippen LogP contribution < -0.4 is 11.1 Å². The molecule has 1 aliphatic heterocycles. The Kier molecular flexibility index (Phi) is 8.97. The summed E-state index contributed by atoms with van der Waals surface area (Å²) in [5.74, 6) is 1.09. The summed E-state index contributed by atoms with van der Waals surface area (Å²) < 4.78 is 0. The second-order valence-corrected chi connectivity index (χ2v) is 8.02.